The molecule has 1 atom stereocenters. The van der Waals surface area contributed by atoms with Gasteiger partial charge in [-0.25, -0.2) is 9.37 Å². The molecular formula is C20H25FN4O2. The van der Waals surface area contributed by atoms with Gasteiger partial charge in [0.2, 0.25) is 0 Å². The summed E-state index contributed by atoms with van der Waals surface area (Å²) in [4.78, 5) is 31.5. The third-order valence-electron chi connectivity index (χ3n) is 6.14. The van der Waals surface area contributed by atoms with Crippen LogP contribution in [0.5, 0.6) is 0 Å². The second-order valence-electron chi connectivity index (χ2n) is 8.03. The van der Waals surface area contributed by atoms with Gasteiger partial charge in [0.1, 0.15) is 11.5 Å². The zero-order valence-corrected chi connectivity index (χ0v) is 15.3. The number of hydrogen-bond donors (Lipinski definition) is 3. The zero-order chi connectivity index (χ0) is 18.9. The van der Waals surface area contributed by atoms with Crippen molar-refractivity contribution in [2.24, 2.45) is 5.41 Å². The Bertz CT molecular complexity index is 851. The number of carbonyl (C=O) groups excluding carboxylic acids is 2. The number of fused-ring (bicyclic) bond motifs is 1. The van der Waals surface area contributed by atoms with Gasteiger partial charge in [0.25, 0.3) is 0 Å². The van der Waals surface area contributed by atoms with Gasteiger partial charge in [-0.2, -0.15) is 0 Å². The van der Waals surface area contributed by atoms with Gasteiger partial charge in [-0.05, 0) is 43.6 Å². The largest absolute Gasteiger partial charge is 0.345 e. The number of halogens is 1. The quantitative estimate of drug-likeness (QED) is 0.703. The lowest BCUT2D eigenvalue weighted by Gasteiger charge is -2.43. The van der Waals surface area contributed by atoms with E-state index in [0.717, 1.165) is 25.5 Å². The van der Waals surface area contributed by atoms with E-state index >= 15 is 0 Å². The predicted octanol–water partition coefficient (Wildman–Crippen LogP) is 3.65. The average Bonchev–Trinajstić information content (AvgIpc) is 3.04. The first kappa shape index (κ1) is 17.9. The van der Waals surface area contributed by atoms with E-state index in [1.54, 1.807) is 0 Å². The van der Waals surface area contributed by atoms with Crippen LogP contribution in [0, 0.1) is 11.2 Å². The monoisotopic (exact) mass is 372 g/mol. The number of nitrogens with one attached hydrogen (secondary N) is 3. The zero-order valence-electron chi connectivity index (χ0n) is 15.3. The maximum atomic E-state index is 13.4. The van der Waals surface area contributed by atoms with Crippen molar-refractivity contribution in [2.45, 2.75) is 63.8 Å². The van der Waals surface area contributed by atoms with Crippen molar-refractivity contribution >= 4 is 28.5 Å². The highest BCUT2D eigenvalue weighted by Gasteiger charge is 2.38. The molecule has 1 spiro atoms. The molecule has 0 aromatic carbocycles. The Labute approximate surface area is 157 Å². The SMILES string of the molecule is O=C(Nc1c[nH]c2ncc(F)cc12)C(=O)NC1CCCC2(CCCCC2)C1. The normalized spacial score (nSPS) is 21.9. The number of rotatable bonds is 2. The fourth-order valence-corrected chi connectivity index (χ4v) is 4.84. The predicted molar refractivity (Wildman–Crippen MR) is 101 cm³/mol. The summed E-state index contributed by atoms with van der Waals surface area (Å²) in [6.07, 6.45) is 13.1. The van der Waals surface area contributed by atoms with Gasteiger partial charge in [0.15, 0.2) is 0 Å². The lowest BCUT2D eigenvalue weighted by Crippen LogP contribution is -2.46. The topological polar surface area (TPSA) is 86.9 Å². The van der Waals surface area contributed by atoms with Gasteiger partial charge in [-0.3, -0.25) is 9.59 Å². The van der Waals surface area contributed by atoms with Crippen molar-refractivity contribution < 1.29 is 14.0 Å². The van der Waals surface area contributed by atoms with Gasteiger partial charge >= 0.3 is 11.8 Å². The van der Waals surface area contributed by atoms with E-state index in [-0.39, 0.29) is 6.04 Å². The molecule has 2 aliphatic carbocycles. The minimum Gasteiger partial charge on any atom is -0.345 e. The average molecular weight is 372 g/mol. The van der Waals surface area contributed by atoms with Crippen molar-refractivity contribution in [1.82, 2.24) is 15.3 Å². The molecule has 1 unspecified atom stereocenters. The van der Waals surface area contributed by atoms with Crippen LogP contribution < -0.4 is 10.6 Å². The molecule has 3 N–H and O–H groups in total. The van der Waals surface area contributed by atoms with Crippen molar-refractivity contribution in [3.05, 3.63) is 24.3 Å². The van der Waals surface area contributed by atoms with E-state index in [0.29, 0.717) is 22.1 Å². The molecule has 2 amide bonds. The fraction of sp³-hybridized carbons (Fsp3) is 0.550. The Morgan fingerprint density at radius 1 is 1.15 bits per heavy atom. The van der Waals surface area contributed by atoms with E-state index in [1.165, 1.54) is 50.8 Å². The second kappa shape index (κ2) is 7.29. The van der Waals surface area contributed by atoms with Crippen LogP contribution >= 0.6 is 0 Å². The van der Waals surface area contributed by atoms with Gasteiger partial charge in [-0.15, -0.1) is 0 Å². The molecule has 0 radical (unpaired) electrons. The Hall–Kier alpha value is -2.44. The fourth-order valence-electron chi connectivity index (χ4n) is 4.84. The Morgan fingerprint density at radius 2 is 1.93 bits per heavy atom. The second-order valence-corrected chi connectivity index (χ2v) is 8.03. The van der Waals surface area contributed by atoms with Crippen LogP contribution in [0.15, 0.2) is 18.5 Å². The molecule has 144 valence electrons. The summed E-state index contributed by atoms with van der Waals surface area (Å²) >= 11 is 0. The molecule has 2 aliphatic rings. The maximum absolute atomic E-state index is 13.4. The first-order chi connectivity index (χ1) is 13.0. The first-order valence-electron chi connectivity index (χ1n) is 9.79. The van der Waals surface area contributed by atoms with Crippen LogP contribution in [0.3, 0.4) is 0 Å². The Balaban J connectivity index is 1.39. The van der Waals surface area contributed by atoms with Crippen molar-refractivity contribution in [3.63, 3.8) is 0 Å². The summed E-state index contributed by atoms with van der Waals surface area (Å²) in [5.74, 6) is -1.86. The Morgan fingerprint density at radius 3 is 2.74 bits per heavy atom. The third-order valence-corrected chi connectivity index (χ3v) is 6.14. The maximum Gasteiger partial charge on any atom is 0.313 e. The number of anilines is 1. The van der Waals surface area contributed by atoms with E-state index in [9.17, 15) is 14.0 Å². The molecule has 2 aromatic heterocycles. The molecule has 27 heavy (non-hydrogen) atoms. The molecule has 2 heterocycles. The molecule has 2 saturated carbocycles. The number of hydrogen-bond acceptors (Lipinski definition) is 3. The van der Waals surface area contributed by atoms with Crippen LogP contribution in [0.25, 0.3) is 11.0 Å². The molecule has 0 bridgehead atoms. The molecule has 6 nitrogen and oxygen atoms in total. The summed E-state index contributed by atoms with van der Waals surface area (Å²) in [7, 11) is 0. The summed E-state index contributed by atoms with van der Waals surface area (Å²) in [5, 5.41) is 5.91. The van der Waals surface area contributed by atoms with Crippen molar-refractivity contribution in [1.29, 1.82) is 0 Å². The standard InChI is InChI=1S/C20H25FN4O2/c21-13-9-15-16(12-23-17(15)22-11-13)25-19(27)18(26)24-14-5-4-8-20(10-14)6-2-1-3-7-20/h9,11-12,14H,1-8,10H2,(H,22,23)(H,24,26)(H,25,27). The number of aromatic nitrogens is 2. The van der Waals surface area contributed by atoms with Crippen LogP contribution in [0.4, 0.5) is 10.1 Å². The summed E-state index contributed by atoms with van der Waals surface area (Å²) in [5.41, 5.74) is 1.16. The lowest BCUT2D eigenvalue weighted by atomic mass is 9.64. The third kappa shape index (κ3) is 3.82. The van der Waals surface area contributed by atoms with Gasteiger partial charge < -0.3 is 15.6 Å². The number of H-pyrrole nitrogens is 1. The number of amides is 2. The van der Waals surface area contributed by atoms with Gasteiger partial charge in [0, 0.05) is 17.6 Å². The lowest BCUT2D eigenvalue weighted by molar-refractivity contribution is -0.137. The molecule has 2 aromatic rings. The summed E-state index contributed by atoms with van der Waals surface area (Å²) in [6.45, 7) is 0. The van der Waals surface area contributed by atoms with Crippen molar-refractivity contribution in [2.75, 3.05) is 5.32 Å². The molecular weight excluding hydrogens is 347 g/mol. The molecule has 2 fully saturated rings. The number of nitrogens with zero attached hydrogens (tertiary/aromatic N) is 1. The number of carbonyl (C=O) groups is 2. The summed E-state index contributed by atoms with van der Waals surface area (Å²) in [6, 6.07) is 1.33. The smallest absolute Gasteiger partial charge is 0.313 e. The highest BCUT2D eigenvalue weighted by atomic mass is 19.1. The molecule has 0 aliphatic heterocycles. The van der Waals surface area contributed by atoms with Gasteiger partial charge in [-0.1, -0.05) is 25.7 Å². The van der Waals surface area contributed by atoms with Crippen LogP contribution in [-0.4, -0.2) is 27.8 Å². The van der Waals surface area contributed by atoms with Crippen LogP contribution in [-0.2, 0) is 9.59 Å². The van der Waals surface area contributed by atoms with E-state index in [4.69, 9.17) is 0 Å². The van der Waals surface area contributed by atoms with E-state index in [2.05, 4.69) is 20.6 Å². The minimum atomic E-state index is -0.733. The van der Waals surface area contributed by atoms with E-state index in [1.807, 2.05) is 0 Å². The minimum absolute atomic E-state index is 0.0529. The molecule has 0 saturated heterocycles. The number of aromatic amines is 1. The first-order valence-corrected chi connectivity index (χ1v) is 9.79. The summed E-state index contributed by atoms with van der Waals surface area (Å²) < 4.78 is 13.4. The highest BCUT2D eigenvalue weighted by molar-refractivity contribution is 6.40. The highest BCUT2D eigenvalue weighted by Crippen LogP contribution is 2.47. The number of pyridine rings is 1. The van der Waals surface area contributed by atoms with Crippen molar-refractivity contribution in [3.8, 4) is 0 Å². The van der Waals surface area contributed by atoms with Crippen LogP contribution in [0.1, 0.15) is 57.8 Å². The van der Waals surface area contributed by atoms with E-state index < -0.39 is 17.6 Å². The Kier molecular flexibility index (Phi) is 4.85. The molecule has 4 rings (SSSR count). The van der Waals surface area contributed by atoms with Crippen LogP contribution in [0.2, 0.25) is 0 Å². The molecule has 7 heteroatoms. The van der Waals surface area contributed by atoms with Gasteiger partial charge in [0.05, 0.1) is 11.9 Å².